The number of likely N-dealkylation sites (tertiary alicyclic amines) is 1. The third-order valence-corrected chi connectivity index (χ3v) is 7.63. The van der Waals surface area contributed by atoms with Gasteiger partial charge in [-0.15, -0.1) is 11.6 Å². The van der Waals surface area contributed by atoms with Crippen molar-refractivity contribution in [3.05, 3.63) is 34.5 Å². The summed E-state index contributed by atoms with van der Waals surface area (Å²) >= 11 is 12.7. The zero-order valence-corrected chi connectivity index (χ0v) is 22.1. The molecule has 0 saturated carbocycles. The van der Waals surface area contributed by atoms with Crippen LogP contribution in [0.25, 0.3) is 0 Å². The van der Waals surface area contributed by atoms with E-state index >= 15 is 0 Å². The Morgan fingerprint density at radius 3 is 2.32 bits per heavy atom. The minimum atomic E-state index is 0. The van der Waals surface area contributed by atoms with E-state index in [9.17, 15) is 0 Å². The van der Waals surface area contributed by atoms with Crippen LogP contribution in [0.15, 0.2) is 34.5 Å². The molecule has 8 N–H and O–H groups in total. The molecule has 3 atom stereocenters. The van der Waals surface area contributed by atoms with E-state index in [1.807, 2.05) is 0 Å². The van der Waals surface area contributed by atoms with Crippen molar-refractivity contribution >= 4 is 23.2 Å². The maximum atomic E-state index is 6.53. The molecule has 0 radical (unpaired) electrons. The van der Waals surface area contributed by atoms with Crippen LogP contribution < -0.4 is 10.6 Å². The zero-order chi connectivity index (χ0) is 21.5. The lowest BCUT2D eigenvalue weighted by Gasteiger charge is -2.37. The Labute approximate surface area is 218 Å². The second-order valence-electron chi connectivity index (χ2n) is 9.71. The summed E-state index contributed by atoms with van der Waals surface area (Å²) in [6, 6.07) is 0.531. The number of piperidine rings is 1. The summed E-state index contributed by atoms with van der Waals surface area (Å²) in [5.74, 6) is 1.91. The molecule has 0 aromatic carbocycles. The van der Waals surface area contributed by atoms with Gasteiger partial charge >= 0.3 is 0 Å². The molecule has 0 spiro atoms. The monoisotopic (exact) mass is 523 g/mol. The Morgan fingerprint density at radius 1 is 1.09 bits per heavy atom. The molecule has 3 rings (SSSR count). The highest BCUT2D eigenvalue weighted by atomic mass is 35.5. The third kappa shape index (κ3) is 11.0. The van der Waals surface area contributed by atoms with Gasteiger partial charge < -0.3 is 32.0 Å². The van der Waals surface area contributed by atoms with E-state index in [1.165, 1.54) is 31.6 Å². The van der Waals surface area contributed by atoms with Crippen LogP contribution in [0.5, 0.6) is 0 Å². The maximum absolute atomic E-state index is 6.53. The molecule has 2 aliphatic carbocycles. The van der Waals surface area contributed by atoms with E-state index < -0.39 is 0 Å². The molecular formula is C26H51Cl2N3O3. The van der Waals surface area contributed by atoms with Gasteiger partial charge in [0, 0.05) is 48.2 Å². The normalized spacial score (nSPS) is 24.2. The molecule has 0 aromatic heterocycles. The van der Waals surface area contributed by atoms with Crippen molar-refractivity contribution in [2.75, 3.05) is 32.7 Å². The Kier molecular flexibility index (Phi) is 18.6. The van der Waals surface area contributed by atoms with Crippen molar-refractivity contribution in [2.24, 2.45) is 17.8 Å². The van der Waals surface area contributed by atoms with Gasteiger partial charge in [0.25, 0.3) is 0 Å². The number of nitrogens with one attached hydrogen (secondary N) is 2. The van der Waals surface area contributed by atoms with Gasteiger partial charge in [0.2, 0.25) is 0 Å². The number of rotatable bonds is 9. The van der Waals surface area contributed by atoms with E-state index in [4.69, 9.17) is 23.2 Å². The Bertz CT molecular complexity index is 647. The smallest absolute Gasteiger partial charge is 0.0396 e. The molecular weight excluding hydrogens is 473 g/mol. The summed E-state index contributed by atoms with van der Waals surface area (Å²) in [4.78, 5) is 2.67. The van der Waals surface area contributed by atoms with Crippen LogP contribution >= 0.6 is 23.2 Å². The lowest BCUT2D eigenvalue weighted by molar-refractivity contribution is 0.163. The SMILES string of the molecule is C.CCNC1=CC(CN[C@@H](CN2CCC(C3=CC=C(Cl)CC3)CC2)C(C)C)CC(Cl)C1.O.O.O. The molecule has 1 aliphatic heterocycles. The second-order valence-corrected chi connectivity index (χ2v) is 10.8. The van der Waals surface area contributed by atoms with Crippen molar-refractivity contribution < 1.29 is 16.4 Å². The molecule has 8 heteroatoms. The number of halogens is 2. The third-order valence-electron chi connectivity index (χ3n) is 6.99. The van der Waals surface area contributed by atoms with Gasteiger partial charge in [0.05, 0.1) is 0 Å². The Morgan fingerprint density at radius 2 is 1.76 bits per heavy atom. The van der Waals surface area contributed by atoms with Crippen LogP contribution in [0.3, 0.4) is 0 Å². The van der Waals surface area contributed by atoms with Gasteiger partial charge in [-0.1, -0.05) is 50.6 Å². The van der Waals surface area contributed by atoms with Crippen molar-refractivity contribution in [2.45, 2.75) is 78.1 Å². The van der Waals surface area contributed by atoms with E-state index in [0.717, 1.165) is 56.3 Å². The summed E-state index contributed by atoms with van der Waals surface area (Å²) < 4.78 is 0. The topological polar surface area (TPSA) is 122 Å². The first-order valence-corrected chi connectivity index (χ1v) is 12.9. The highest BCUT2D eigenvalue weighted by molar-refractivity contribution is 6.29. The summed E-state index contributed by atoms with van der Waals surface area (Å²) in [6.45, 7) is 12.4. The average Bonchev–Trinajstić information content (AvgIpc) is 2.72. The number of alkyl halides is 1. The molecule has 3 aliphatic rings. The van der Waals surface area contributed by atoms with Gasteiger partial charge in [-0.05, 0) is 75.9 Å². The fourth-order valence-electron chi connectivity index (χ4n) is 5.12. The summed E-state index contributed by atoms with van der Waals surface area (Å²) in [5.41, 5.74) is 2.95. The van der Waals surface area contributed by atoms with E-state index in [2.05, 4.69) is 54.5 Å². The van der Waals surface area contributed by atoms with Crippen LogP contribution in [0.1, 0.15) is 66.7 Å². The Hall–Kier alpha value is -0.600. The van der Waals surface area contributed by atoms with E-state index in [0.29, 0.717) is 17.9 Å². The van der Waals surface area contributed by atoms with Crippen LogP contribution in [-0.4, -0.2) is 65.5 Å². The first-order chi connectivity index (χ1) is 14.4. The predicted molar refractivity (Wildman–Crippen MR) is 149 cm³/mol. The maximum Gasteiger partial charge on any atom is 0.0396 e. The number of nitrogens with zero attached hydrogens (tertiary/aromatic N) is 1. The molecule has 1 heterocycles. The lowest BCUT2D eigenvalue weighted by Crippen LogP contribution is -2.48. The second kappa shape index (κ2) is 17.8. The molecule has 1 saturated heterocycles. The standard InChI is InChI=1S/C25H41Cl2N3.CH4.3H2O/c1-4-28-24-14-19(13-23(27)15-24)16-29-25(18(2)3)17-30-11-9-21(10-12-30)20-5-7-22(26)8-6-20;;;;/h5,7,14,18-19,21,23,25,28-29H,4,6,8-13,15-17H2,1-3H3;1H4;3*1H2/t19?,23?,25-;;;;/m0..../s1. The number of hydrogen-bond donors (Lipinski definition) is 2. The molecule has 0 bridgehead atoms. The molecule has 1 fully saturated rings. The van der Waals surface area contributed by atoms with Crippen molar-refractivity contribution in [3.63, 3.8) is 0 Å². The average molecular weight is 525 g/mol. The largest absolute Gasteiger partial charge is 0.412 e. The first-order valence-electron chi connectivity index (χ1n) is 12.0. The first kappa shape index (κ1) is 35.6. The molecule has 34 heavy (non-hydrogen) atoms. The molecule has 6 nitrogen and oxygen atoms in total. The lowest BCUT2D eigenvalue weighted by atomic mass is 9.84. The quantitative estimate of drug-likeness (QED) is 0.446. The summed E-state index contributed by atoms with van der Waals surface area (Å²) in [7, 11) is 0. The molecule has 0 aromatic rings. The van der Waals surface area contributed by atoms with Crippen LogP contribution in [0, 0.1) is 17.8 Å². The number of allylic oxidation sites excluding steroid dienone is 5. The molecule has 2 unspecified atom stereocenters. The summed E-state index contributed by atoms with van der Waals surface area (Å²) in [6.07, 6.45) is 13.6. The highest BCUT2D eigenvalue weighted by Crippen LogP contribution is 2.32. The van der Waals surface area contributed by atoms with Crippen LogP contribution in [0.2, 0.25) is 0 Å². The molecule has 0 amide bonds. The van der Waals surface area contributed by atoms with Crippen LogP contribution in [-0.2, 0) is 0 Å². The fraction of sp³-hybridized carbons (Fsp3) is 0.769. The van der Waals surface area contributed by atoms with Gasteiger partial charge in [-0.3, -0.25) is 0 Å². The highest BCUT2D eigenvalue weighted by Gasteiger charge is 2.27. The fourth-order valence-corrected chi connectivity index (χ4v) is 5.67. The minimum absolute atomic E-state index is 0. The number of hydrogen-bond acceptors (Lipinski definition) is 3. The predicted octanol–water partition coefficient (Wildman–Crippen LogP) is 3.83. The Balaban J connectivity index is 0. The van der Waals surface area contributed by atoms with Crippen molar-refractivity contribution in [1.29, 1.82) is 0 Å². The van der Waals surface area contributed by atoms with Gasteiger partial charge in [0.15, 0.2) is 0 Å². The summed E-state index contributed by atoms with van der Waals surface area (Å²) in [5, 5.41) is 8.64. The van der Waals surface area contributed by atoms with Gasteiger partial charge in [-0.2, -0.15) is 0 Å². The molecule has 202 valence electrons. The van der Waals surface area contributed by atoms with Crippen LogP contribution in [0.4, 0.5) is 0 Å². The van der Waals surface area contributed by atoms with E-state index in [-0.39, 0.29) is 29.2 Å². The van der Waals surface area contributed by atoms with Gasteiger partial charge in [0.1, 0.15) is 0 Å². The van der Waals surface area contributed by atoms with Gasteiger partial charge in [-0.25, -0.2) is 0 Å². The van der Waals surface area contributed by atoms with E-state index in [1.54, 1.807) is 5.57 Å². The zero-order valence-electron chi connectivity index (χ0n) is 20.6. The minimum Gasteiger partial charge on any atom is -0.412 e. The van der Waals surface area contributed by atoms with Crippen molar-refractivity contribution in [1.82, 2.24) is 15.5 Å². The van der Waals surface area contributed by atoms with Crippen molar-refractivity contribution in [3.8, 4) is 0 Å².